The Morgan fingerprint density at radius 3 is 2.50 bits per heavy atom. The van der Waals surface area contributed by atoms with Crippen LogP contribution >= 0.6 is 0 Å². The van der Waals surface area contributed by atoms with Crippen molar-refractivity contribution >= 4 is 5.97 Å². The molecule has 0 aromatic heterocycles. The van der Waals surface area contributed by atoms with Crippen LogP contribution in [0.2, 0.25) is 0 Å². The zero-order valence-electron chi connectivity index (χ0n) is 7.71. The summed E-state index contributed by atoms with van der Waals surface area (Å²) in [5.41, 5.74) is 0. The lowest BCUT2D eigenvalue weighted by Crippen LogP contribution is -2.33. The Morgan fingerprint density at radius 1 is 1.58 bits per heavy atom. The number of hydrogen-bond donors (Lipinski definition) is 2. The highest BCUT2D eigenvalue weighted by molar-refractivity contribution is 5.70. The van der Waals surface area contributed by atoms with Gasteiger partial charge in [-0.15, -0.1) is 0 Å². The minimum atomic E-state index is -0.682. The molecule has 0 heterocycles. The van der Waals surface area contributed by atoms with Crippen LogP contribution < -0.4 is 5.32 Å². The molecule has 0 saturated heterocycles. The van der Waals surface area contributed by atoms with Gasteiger partial charge in [0.15, 0.2) is 0 Å². The van der Waals surface area contributed by atoms with Crippen LogP contribution in [-0.4, -0.2) is 23.7 Å². The lowest BCUT2D eigenvalue weighted by Gasteiger charge is -2.16. The van der Waals surface area contributed by atoms with Crippen LogP contribution in [0.25, 0.3) is 0 Å². The summed E-state index contributed by atoms with van der Waals surface area (Å²) in [5, 5.41) is 12.1. The zero-order chi connectivity index (χ0) is 9.14. The van der Waals surface area contributed by atoms with Crippen LogP contribution in [0.15, 0.2) is 0 Å². The molecular formula is C9H17NO2. The van der Waals surface area contributed by atoms with E-state index in [0.29, 0.717) is 12.6 Å². The average molecular weight is 171 g/mol. The van der Waals surface area contributed by atoms with Crippen molar-refractivity contribution in [2.75, 3.05) is 6.54 Å². The molecule has 2 N–H and O–H groups in total. The molecule has 1 fully saturated rings. The maximum absolute atomic E-state index is 10.7. The third-order valence-corrected chi connectivity index (χ3v) is 2.33. The van der Waals surface area contributed by atoms with E-state index in [4.69, 9.17) is 5.11 Å². The van der Waals surface area contributed by atoms with E-state index in [2.05, 4.69) is 5.32 Å². The van der Waals surface area contributed by atoms with Crippen molar-refractivity contribution in [2.24, 2.45) is 11.8 Å². The average Bonchev–Trinajstić information content (AvgIpc) is 2.69. The van der Waals surface area contributed by atoms with Crippen molar-refractivity contribution in [1.29, 1.82) is 0 Å². The van der Waals surface area contributed by atoms with Gasteiger partial charge in [0.25, 0.3) is 0 Å². The molecule has 3 heteroatoms. The second-order valence-electron chi connectivity index (χ2n) is 3.87. The van der Waals surface area contributed by atoms with Gasteiger partial charge in [-0.3, -0.25) is 4.79 Å². The molecule has 0 aromatic rings. The van der Waals surface area contributed by atoms with E-state index in [1.165, 1.54) is 12.8 Å². The van der Waals surface area contributed by atoms with E-state index in [9.17, 15) is 4.79 Å². The fourth-order valence-electron chi connectivity index (χ4n) is 1.19. The molecule has 0 bridgehead atoms. The zero-order valence-corrected chi connectivity index (χ0v) is 7.71. The summed E-state index contributed by atoms with van der Waals surface area (Å²) in [6.07, 6.45) is 2.43. The van der Waals surface area contributed by atoms with Crippen molar-refractivity contribution < 1.29 is 9.90 Å². The van der Waals surface area contributed by atoms with Crippen LogP contribution in [-0.2, 0) is 4.79 Å². The second kappa shape index (κ2) is 3.90. The summed E-state index contributed by atoms with van der Waals surface area (Å²) >= 11 is 0. The molecule has 0 spiro atoms. The van der Waals surface area contributed by atoms with Gasteiger partial charge in [-0.25, -0.2) is 0 Å². The monoisotopic (exact) mass is 171 g/mol. The van der Waals surface area contributed by atoms with E-state index >= 15 is 0 Å². The second-order valence-corrected chi connectivity index (χ2v) is 3.87. The fraction of sp³-hybridized carbons (Fsp3) is 0.889. The van der Waals surface area contributed by atoms with Gasteiger partial charge in [0.1, 0.15) is 0 Å². The Balaban J connectivity index is 2.26. The molecule has 0 aromatic carbocycles. The molecule has 3 nitrogen and oxygen atoms in total. The number of aliphatic carboxylic acids is 1. The van der Waals surface area contributed by atoms with Crippen LogP contribution in [0.4, 0.5) is 0 Å². The molecule has 0 amide bonds. The SMILES string of the molecule is CC(C)C(CNC1CC1)C(=O)O. The highest BCUT2D eigenvalue weighted by atomic mass is 16.4. The predicted molar refractivity (Wildman–Crippen MR) is 47.0 cm³/mol. The highest BCUT2D eigenvalue weighted by Gasteiger charge is 2.26. The minimum absolute atomic E-state index is 0.216. The number of carbonyl (C=O) groups is 1. The molecule has 0 radical (unpaired) electrons. The van der Waals surface area contributed by atoms with Crippen LogP contribution in [0.5, 0.6) is 0 Å². The fourth-order valence-corrected chi connectivity index (χ4v) is 1.19. The Hall–Kier alpha value is -0.570. The van der Waals surface area contributed by atoms with Crippen molar-refractivity contribution in [3.8, 4) is 0 Å². The predicted octanol–water partition coefficient (Wildman–Crippen LogP) is 1.10. The lowest BCUT2D eigenvalue weighted by atomic mass is 9.96. The minimum Gasteiger partial charge on any atom is -0.481 e. The molecule has 0 aliphatic heterocycles. The third-order valence-electron chi connectivity index (χ3n) is 2.33. The summed E-state index contributed by atoms with van der Waals surface area (Å²) < 4.78 is 0. The molecule has 12 heavy (non-hydrogen) atoms. The van der Waals surface area contributed by atoms with E-state index in [1.807, 2.05) is 13.8 Å². The Bertz CT molecular complexity index is 164. The molecule has 70 valence electrons. The van der Waals surface area contributed by atoms with Crippen molar-refractivity contribution in [3.05, 3.63) is 0 Å². The third kappa shape index (κ3) is 2.81. The van der Waals surface area contributed by atoms with Gasteiger partial charge in [-0.05, 0) is 18.8 Å². The van der Waals surface area contributed by atoms with E-state index < -0.39 is 5.97 Å². The molecule has 1 aliphatic rings. The van der Waals surface area contributed by atoms with Gasteiger partial charge in [0.05, 0.1) is 5.92 Å². The molecular weight excluding hydrogens is 154 g/mol. The summed E-state index contributed by atoms with van der Waals surface area (Å²) in [5.74, 6) is -0.697. The van der Waals surface area contributed by atoms with Gasteiger partial charge < -0.3 is 10.4 Å². The highest BCUT2D eigenvalue weighted by Crippen LogP contribution is 2.20. The van der Waals surface area contributed by atoms with Gasteiger partial charge in [0, 0.05) is 12.6 Å². The smallest absolute Gasteiger partial charge is 0.308 e. The standard InChI is InChI=1S/C9H17NO2/c1-6(2)8(9(11)12)5-10-7-3-4-7/h6-8,10H,3-5H2,1-2H3,(H,11,12). The van der Waals surface area contributed by atoms with E-state index in [-0.39, 0.29) is 11.8 Å². The van der Waals surface area contributed by atoms with Gasteiger partial charge in [0.2, 0.25) is 0 Å². The number of carboxylic acid groups (broad SMARTS) is 1. The maximum Gasteiger partial charge on any atom is 0.308 e. The first-order chi connectivity index (χ1) is 5.61. The van der Waals surface area contributed by atoms with Gasteiger partial charge in [-0.1, -0.05) is 13.8 Å². The van der Waals surface area contributed by atoms with Gasteiger partial charge >= 0.3 is 5.97 Å². The number of carboxylic acids is 1. The number of rotatable bonds is 5. The lowest BCUT2D eigenvalue weighted by molar-refractivity contribution is -0.143. The van der Waals surface area contributed by atoms with E-state index in [1.54, 1.807) is 0 Å². The van der Waals surface area contributed by atoms with Crippen molar-refractivity contribution in [3.63, 3.8) is 0 Å². The Kier molecular flexibility index (Phi) is 3.09. The molecule has 1 aliphatic carbocycles. The first-order valence-corrected chi connectivity index (χ1v) is 4.57. The molecule has 1 unspecified atom stereocenters. The normalized spacial score (nSPS) is 19.6. The topological polar surface area (TPSA) is 49.3 Å². The summed E-state index contributed by atoms with van der Waals surface area (Å²) in [6.45, 7) is 4.53. The number of nitrogens with one attached hydrogen (secondary N) is 1. The Labute approximate surface area is 73.2 Å². The molecule has 1 atom stereocenters. The molecule has 1 saturated carbocycles. The Morgan fingerprint density at radius 2 is 2.17 bits per heavy atom. The quantitative estimate of drug-likeness (QED) is 0.651. The summed E-state index contributed by atoms with van der Waals surface area (Å²) in [6, 6.07) is 0.602. The van der Waals surface area contributed by atoms with Crippen molar-refractivity contribution in [1.82, 2.24) is 5.32 Å². The molecule has 1 rings (SSSR count). The van der Waals surface area contributed by atoms with Gasteiger partial charge in [-0.2, -0.15) is 0 Å². The first-order valence-electron chi connectivity index (χ1n) is 4.57. The van der Waals surface area contributed by atoms with Crippen LogP contribution in [0.3, 0.4) is 0 Å². The maximum atomic E-state index is 10.7. The van der Waals surface area contributed by atoms with Crippen LogP contribution in [0.1, 0.15) is 26.7 Å². The first kappa shape index (κ1) is 9.52. The van der Waals surface area contributed by atoms with Crippen molar-refractivity contribution in [2.45, 2.75) is 32.7 Å². The van der Waals surface area contributed by atoms with E-state index in [0.717, 1.165) is 0 Å². The van der Waals surface area contributed by atoms with Crippen LogP contribution in [0, 0.1) is 11.8 Å². The summed E-state index contributed by atoms with van der Waals surface area (Å²) in [4.78, 5) is 10.7. The summed E-state index contributed by atoms with van der Waals surface area (Å²) in [7, 11) is 0. The largest absolute Gasteiger partial charge is 0.481 e. The number of hydrogen-bond acceptors (Lipinski definition) is 2.